The molecule has 0 bridgehead atoms. The summed E-state index contributed by atoms with van der Waals surface area (Å²) in [6.07, 6.45) is 3.04. The third kappa shape index (κ3) is 2.19. The molecule has 96 valence electrons. The summed E-state index contributed by atoms with van der Waals surface area (Å²) < 4.78 is 11.5. The van der Waals surface area contributed by atoms with E-state index in [0.717, 1.165) is 45.5 Å². The minimum atomic E-state index is -0.153. The molecule has 5 nitrogen and oxygen atoms in total. The van der Waals surface area contributed by atoms with E-state index in [-0.39, 0.29) is 17.6 Å². The molecule has 3 rings (SSSR count). The summed E-state index contributed by atoms with van der Waals surface area (Å²) in [6, 6.07) is 0.0534. The molecule has 1 N–H and O–H groups in total. The van der Waals surface area contributed by atoms with E-state index in [1.807, 2.05) is 0 Å². The Morgan fingerprint density at radius 1 is 1.41 bits per heavy atom. The Morgan fingerprint density at radius 3 is 3.06 bits per heavy atom. The number of nitrogens with one attached hydrogen (secondary N) is 1. The van der Waals surface area contributed by atoms with Crippen molar-refractivity contribution in [3.63, 3.8) is 0 Å². The number of amides is 1. The lowest BCUT2D eigenvalue weighted by atomic mass is 9.93. The summed E-state index contributed by atoms with van der Waals surface area (Å²) in [6.45, 7) is 4.75. The van der Waals surface area contributed by atoms with Crippen molar-refractivity contribution in [1.29, 1.82) is 0 Å². The van der Waals surface area contributed by atoms with Crippen LogP contribution in [-0.2, 0) is 14.3 Å². The zero-order chi connectivity index (χ0) is 11.7. The van der Waals surface area contributed by atoms with Crippen molar-refractivity contribution in [3.05, 3.63) is 0 Å². The zero-order valence-corrected chi connectivity index (χ0v) is 10.1. The summed E-state index contributed by atoms with van der Waals surface area (Å²) in [7, 11) is 0. The van der Waals surface area contributed by atoms with Crippen molar-refractivity contribution < 1.29 is 14.3 Å². The fourth-order valence-corrected chi connectivity index (χ4v) is 3.13. The second-order valence-corrected chi connectivity index (χ2v) is 5.25. The minimum absolute atomic E-state index is 0.0534. The fourth-order valence-electron chi connectivity index (χ4n) is 3.13. The van der Waals surface area contributed by atoms with Gasteiger partial charge < -0.3 is 14.8 Å². The Morgan fingerprint density at radius 2 is 2.35 bits per heavy atom. The van der Waals surface area contributed by atoms with Gasteiger partial charge in [0.25, 0.3) is 0 Å². The number of nitrogens with zero attached hydrogens (tertiary/aromatic N) is 1. The molecule has 0 aromatic heterocycles. The second-order valence-electron chi connectivity index (χ2n) is 5.25. The topological polar surface area (TPSA) is 50.8 Å². The maximum atomic E-state index is 11.7. The highest BCUT2D eigenvalue weighted by atomic mass is 16.5. The predicted molar refractivity (Wildman–Crippen MR) is 61.7 cm³/mol. The molecule has 3 fully saturated rings. The molecule has 3 aliphatic heterocycles. The molecule has 0 unspecified atom stereocenters. The number of carbonyl (C=O) groups excluding carboxylic acids is 1. The van der Waals surface area contributed by atoms with Crippen molar-refractivity contribution in [2.24, 2.45) is 0 Å². The first-order valence-corrected chi connectivity index (χ1v) is 6.53. The molecule has 0 aliphatic carbocycles. The summed E-state index contributed by atoms with van der Waals surface area (Å²) in [4.78, 5) is 14.0. The van der Waals surface area contributed by atoms with Crippen molar-refractivity contribution in [1.82, 2.24) is 10.2 Å². The summed E-state index contributed by atoms with van der Waals surface area (Å²) in [5, 5.41) is 2.91. The predicted octanol–water partition coefficient (Wildman–Crippen LogP) is -0.244. The standard InChI is InChI=1S/C12H20N2O3/c15-11-10(2-4-13-11)14-5-7-17-12(8-14)3-1-6-16-9-12/h10H,1-9H2,(H,13,15)/t10-,12+/m1/s1. The maximum Gasteiger partial charge on any atom is 0.237 e. The molecule has 0 aromatic carbocycles. The summed E-state index contributed by atoms with van der Waals surface area (Å²) >= 11 is 0. The van der Waals surface area contributed by atoms with Crippen LogP contribution < -0.4 is 5.32 Å². The van der Waals surface area contributed by atoms with Crippen LogP contribution in [0.4, 0.5) is 0 Å². The lowest BCUT2D eigenvalue weighted by Crippen LogP contribution is -2.59. The van der Waals surface area contributed by atoms with Crippen LogP contribution in [0.15, 0.2) is 0 Å². The highest BCUT2D eigenvalue weighted by Crippen LogP contribution is 2.29. The normalized spacial score (nSPS) is 39.5. The molecule has 3 heterocycles. The van der Waals surface area contributed by atoms with Gasteiger partial charge in [0.1, 0.15) is 5.60 Å². The lowest BCUT2D eigenvalue weighted by molar-refractivity contribution is -0.174. The first-order chi connectivity index (χ1) is 8.29. The van der Waals surface area contributed by atoms with E-state index in [2.05, 4.69) is 10.2 Å². The van der Waals surface area contributed by atoms with Crippen LogP contribution in [0.1, 0.15) is 19.3 Å². The summed E-state index contributed by atoms with van der Waals surface area (Å²) in [5.41, 5.74) is -0.153. The number of morpholine rings is 1. The van der Waals surface area contributed by atoms with E-state index < -0.39 is 0 Å². The van der Waals surface area contributed by atoms with Crippen molar-refractivity contribution >= 4 is 5.91 Å². The van der Waals surface area contributed by atoms with Gasteiger partial charge in [-0.1, -0.05) is 0 Å². The zero-order valence-electron chi connectivity index (χ0n) is 10.1. The number of carbonyl (C=O) groups is 1. The molecule has 0 radical (unpaired) electrons. The van der Waals surface area contributed by atoms with Crippen LogP contribution in [0.5, 0.6) is 0 Å². The molecule has 17 heavy (non-hydrogen) atoms. The number of hydrogen-bond acceptors (Lipinski definition) is 4. The largest absolute Gasteiger partial charge is 0.378 e. The number of ether oxygens (including phenoxy) is 2. The number of hydrogen-bond donors (Lipinski definition) is 1. The van der Waals surface area contributed by atoms with Gasteiger partial charge in [0.05, 0.1) is 19.3 Å². The quantitative estimate of drug-likeness (QED) is 0.687. The first kappa shape index (κ1) is 11.4. The van der Waals surface area contributed by atoms with Crippen LogP contribution in [0.25, 0.3) is 0 Å². The van der Waals surface area contributed by atoms with Crippen LogP contribution in [0, 0.1) is 0 Å². The average Bonchev–Trinajstić information content (AvgIpc) is 2.77. The highest BCUT2D eigenvalue weighted by molar-refractivity contribution is 5.83. The monoisotopic (exact) mass is 240 g/mol. The molecule has 5 heteroatoms. The van der Waals surface area contributed by atoms with Crippen molar-refractivity contribution in [2.75, 3.05) is 39.5 Å². The fraction of sp³-hybridized carbons (Fsp3) is 0.917. The third-order valence-electron chi connectivity index (χ3n) is 4.02. The van der Waals surface area contributed by atoms with Crippen LogP contribution in [0.3, 0.4) is 0 Å². The number of rotatable bonds is 1. The van der Waals surface area contributed by atoms with Crippen LogP contribution in [-0.4, -0.2) is 61.9 Å². The SMILES string of the molecule is O=C1NCC[C@H]1N1CCO[C@@]2(CCCOC2)C1. The Bertz CT molecular complexity index is 297. The van der Waals surface area contributed by atoms with E-state index in [4.69, 9.17) is 9.47 Å². The molecule has 3 aliphatic rings. The van der Waals surface area contributed by atoms with Gasteiger partial charge in [-0.15, -0.1) is 0 Å². The van der Waals surface area contributed by atoms with Crippen molar-refractivity contribution in [2.45, 2.75) is 30.9 Å². The summed E-state index contributed by atoms with van der Waals surface area (Å²) in [5.74, 6) is 0.179. The van der Waals surface area contributed by atoms with Gasteiger partial charge in [0, 0.05) is 26.2 Å². The van der Waals surface area contributed by atoms with Gasteiger partial charge in [0.2, 0.25) is 5.91 Å². The average molecular weight is 240 g/mol. The smallest absolute Gasteiger partial charge is 0.237 e. The third-order valence-corrected chi connectivity index (χ3v) is 4.02. The molecule has 0 aromatic rings. The molecule has 1 amide bonds. The first-order valence-electron chi connectivity index (χ1n) is 6.53. The van der Waals surface area contributed by atoms with Crippen molar-refractivity contribution in [3.8, 4) is 0 Å². The molecule has 1 spiro atoms. The van der Waals surface area contributed by atoms with E-state index >= 15 is 0 Å². The van der Waals surface area contributed by atoms with Gasteiger partial charge in [-0.3, -0.25) is 9.69 Å². The Hall–Kier alpha value is -0.650. The molecule has 0 saturated carbocycles. The van der Waals surface area contributed by atoms with Gasteiger partial charge in [-0.25, -0.2) is 0 Å². The van der Waals surface area contributed by atoms with Crippen LogP contribution >= 0.6 is 0 Å². The lowest BCUT2D eigenvalue weighted by Gasteiger charge is -2.45. The van der Waals surface area contributed by atoms with Gasteiger partial charge in [-0.2, -0.15) is 0 Å². The van der Waals surface area contributed by atoms with E-state index in [1.54, 1.807) is 0 Å². The Labute approximate surface area is 101 Å². The minimum Gasteiger partial charge on any atom is -0.378 e. The van der Waals surface area contributed by atoms with Gasteiger partial charge in [-0.05, 0) is 19.3 Å². The second kappa shape index (κ2) is 4.55. The van der Waals surface area contributed by atoms with E-state index in [0.29, 0.717) is 13.2 Å². The van der Waals surface area contributed by atoms with E-state index in [1.165, 1.54) is 0 Å². The molecular weight excluding hydrogens is 220 g/mol. The molecule has 2 atom stereocenters. The van der Waals surface area contributed by atoms with E-state index in [9.17, 15) is 4.79 Å². The molecular formula is C12H20N2O3. The highest BCUT2D eigenvalue weighted by Gasteiger charge is 2.42. The Balaban J connectivity index is 1.68. The van der Waals surface area contributed by atoms with Gasteiger partial charge >= 0.3 is 0 Å². The Kier molecular flexibility index (Phi) is 3.06. The van der Waals surface area contributed by atoms with Crippen LogP contribution in [0.2, 0.25) is 0 Å². The molecule has 3 saturated heterocycles. The maximum absolute atomic E-state index is 11.7. The van der Waals surface area contributed by atoms with Gasteiger partial charge in [0.15, 0.2) is 0 Å².